The number of H-pyrrole nitrogens is 1. The van der Waals surface area contributed by atoms with E-state index >= 15 is 0 Å². The van der Waals surface area contributed by atoms with Crippen LogP contribution in [0, 0.1) is 0 Å². The van der Waals surface area contributed by atoms with Gasteiger partial charge in [-0.25, -0.2) is 9.97 Å². The maximum Gasteiger partial charge on any atom is 0.471 e. The number of alkyl halides is 3. The molecule has 118 valence electrons. The van der Waals surface area contributed by atoms with Crippen LogP contribution in [0.1, 0.15) is 16.2 Å². The van der Waals surface area contributed by atoms with Crippen molar-refractivity contribution >= 4 is 23.2 Å². The standard InChI is InChI=1S/C13H8F3N5O2/c14-13(15,16)12(23)20-8-6-21-5-7(1-2-9(21)19-8)10(22)11-17-3-4-18-11/h1-6H,(H,17,18)(H,20,23). The van der Waals surface area contributed by atoms with Gasteiger partial charge in [0.2, 0.25) is 5.78 Å². The molecule has 0 saturated carbocycles. The van der Waals surface area contributed by atoms with Crippen LogP contribution in [0.3, 0.4) is 0 Å². The minimum Gasteiger partial charge on any atom is -0.342 e. The molecule has 23 heavy (non-hydrogen) atoms. The number of nitrogens with one attached hydrogen (secondary N) is 2. The van der Waals surface area contributed by atoms with Gasteiger partial charge in [0, 0.05) is 24.2 Å². The number of carbonyl (C=O) groups excluding carboxylic acids is 2. The third-order valence-corrected chi connectivity index (χ3v) is 2.93. The fourth-order valence-corrected chi connectivity index (χ4v) is 1.90. The van der Waals surface area contributed by atoms with E-state index in [2.05, 4.69) is 15.0 Å². The highest BCUT2D eigenvalue weighted by atomic mass is 19.4. The molecule has 2 N–H and O–H groups in total. The minimum absolute atomic E-state index is 0.134. The monoisotopic (exact) mass is 323 g/mol. The van der Waals surface area contributed by atoms with Crippen molar-refractivity contribution in [1.82, 2.24) is 19.4 Å². The number of nitrogens with zero attached hydrogens (tertiary/aromatic N) is 3. The van der Waals surface area contributed by atoms with Gasteiger partial charge in [0.15, 0.2) is 11.6 Å². The summed E-state index contributed by atoms with van der Waals surface area (Å²) in [4.78, 5) is 33.3. The zero-order valence-corrected chi connectivity index (χ0v) is 11.3. The molecule has 0 bridgehead atoms. The van der Waals surface area contributed by atoms with Crippen LogP contribution < -0.4 is 5.32 Å². The molecule has 0 aromatic carbocycles. The number of ketones is 1. The Morgan fingerprint density at radius 2 is 2.00 bits per heavy atom. The number of halogens is 3. The number of amides is 1. The van der Waals surface area contributed by atoms with Crippen LogP contribution in [0.5, 0.6) is 0 Å². The summed E-state index contributed by atoms with van der Waals surface area (Å²) in [7, 11) is 0. The zero-order valence-electron chi connectivity index (χ0n) is 11.3. The first-order valence-electron chi connectivity index (χ1n) is 6.25. The molecule has 3 heterocycles. The van der Waals surface area contributed by atoms with Gasteiger partial charge in [0.05, 0.1) is 6.20 Å². The molecule has 7 nitrogen and oxygen atoms in total. The number of hydrogen-bond acceptors (Lipinski definition) is 4. The topological polar surface area (TPSA) is 92.2 Å². The van der Waals surface area contributed by atoms with Gasteiger partial charge in [-0.15, -0.1) is 0 Å². The predicted octanol–water partition coefficient (Wildman–Crippen LogP) is 1.79. The fourth-order valence-electron chi connectivity index (χ4n) is 1.90. The van der Waals surface area contributed by atoms with E-state index in [4.69, 9.17) is 0 Å². The summed E-state index contributed by atoms with van der Waals surface area (Å²) < 4.78 is 38.0. The lowest BCUT2D eigenvalue weighted by Crippen LogP contribution is -2.30. The number of hydrogen-bond donors (Lipinski definition) is 2. The van der Waals surface area contributed by atoms with Gasteiger partial charge in [0.25, 0.3) is 0 Å². The molecule has 0 aliphatic rings. The Hall–Kier alpha value is -3.17. The first-order valence-corrected chi connectivity index (χ1v) is 6.25. The highest BCUT2D eigenvalue weighted by Crippen LogP contribution is 2.19. The van der Waals surface area contributed by atoms with Crippen LogP contribution in [0.2, 0.25) is 0 Å². The second kappa shape index (κ2) is 5.23. The van der Waals surface area contributed by atoms with Crippen LogP contribution in [-0.4, -0.2) is 37.2 Å². The minimum atomic E-state index is -5.00. The van der Waals surface area contributed by atoms with Crippen molar-refractivity contribution in [3.05, 3.63) is 48.3 Å². The normalized spacial score (nSPS) is 11.6. The summed E-state index contributed by atoms with van der Waals surface area (Å²) in [6.07, 6.45) is 0.478. The molecule has 0 aliphatic heterocycles. The van der Waals surface area contributed by atoms with E-state index < -0.39 is 12.1 Å². The SMILES string of the molecule is O=C(c1ccc2nc(NC(=O)C(F)(F)F)cn2c1)c1ncc[nH]1. The molecule has 0 saturated heterocycles. The number of aromatic amines is 1. The van der Waals surface area contributed by atoms with Crippen molar-refractivity contribution in [3.63, 3.8) is 0 Å². The fraction of sp³-hybridized carbons (Fsp3) is 0.0769. The smallest absolute Gasteiger partial charge is 0.342 e. The van der Waals surface area contributed by atoms with E-state index in [-0.39, 0.29) is 28.6 Å². The lowest BCUT2D eigenvalue weighted by Gasteiger charge is -2.04. The van der Waals surface area contributed by atoms with E-state index in [1.165, 1.54) is 41.3 Å². The molecule has 3 aromatic rings. The number of anilines is 1. The van der Waals surface area contributed by atoms with Crippen molar-refractivity contribution in [2.75, 3.05) is 5.32 Å². The molecule has 0 fully saturated rings. The van der Waals surface area contributed by atoms with Gasteiger partial charge in [-0.05, 0) is 12.1 Å². The van der Waals surface area contributed by atoms with Gasteiger partial charge in [-0.3, -0.25) is 9.59 Å². The van der Waals surface area contributed by atoms with Crippen LogP contribution in [-0.2, 0) is 4.79 Å². The van der Waals surface area contributed by atoms with Gasteiger partial charge in [-0.1, -0.05) is 0 Å². The lowest BCUT2D eigenvalue weighted by atomic mass is 10.2. The van der Waals surface area contributed by atoms with E-state index in [0.717, 1.165) is 0 Å². The summed E-state index contributed by atoms with van der Waals surface area (Å²) in [5, 5.41) is 1.65. The molecule has 0 spiro atoms. The van der Waals surface area contributed by atoms with E-state index in [1.807, 2.05) is 0 Å². The average Bonchev–Trinajstić information content (AvgIpc) is 3.13. The summed E-state index contributed by atoms with van der Waals surface area (Å²) in [5.74, 6) is -2.63. The van der Waals surface area contributed by atoms with E-state index in [9.17, 15) is 22.8 Å². The number of imidazole rings is 2. The third kappa shape index (κ3) is 2.91. The maximum atomic E-state index is 12.2. The Kier molecular flexibility index (Phi) is 3.36. The molecule has 0 atom stereocenters. The summed E-state index contributed by atoms with van der Waals surface area (Å²) in [6, 6.07) is 2.90. The highest BCUT2D eigenvalue weighted by molar-refractivity contribution is 6.06. The first kappa shape index (κ1) is 14.8. The predicted molar refractivity (Wildman–Crippen MR) is 71.9 cm³/mol. The molecule has 1 amide bonds. The second-order valence-electron chi connectivity index (χ2n) is 4.53. The molecule has 0 unspecified atom stereocenters. The summed E-state index contributed by atoms with van der Waals surface area (Å²) >= 11 is 0. The van der Waals surface area contributed by atoms with Crippen molar-refractivity contribution in [3.8, 4) is 0 Å². The van der Waals surface area contributed by atoms with Crippen molar-refractivity contribution in [1.29, 1.82) is 0 Å². The number of rotatable bonds is 3. The Bertz CT molecular complexity index is 883. The van der Waals surface area contributed by atoms with Crippen LogP contribution >= 0.6 is 0 Å². The van der Waals surface area contributed by atoms with Crippen LogP contribution in [0.15, 0.2) is 36.9 Å². The third-order valence-electron chi connectivity index (χ3n) is 2.93. The average molecular weight is 323 g/mol. The lowest BCUT2D eigenvalue weighted by molar-refractivity contribution is -0.167. The summed E-state index contributed by atoms with van der Waals surface area (Å²) in [5.41, 5.74) is 0.539. The van der Waals surface area contributed by atoms with E-state index in [1.54, 1.807) is 5.32 Å². The molecule has 0 aliphatic carbocycles. The Morgan fingerprint density at radius 1 is 1.22 bits per heavy atom. The van der Waals surface area contributed by atoms with Crippen molar-refractivity contribution in [2.45, 2.75) is 6.18 Å². The first-order chi connectivity index (χ1) is 10.8. The van der Waals surface area contributed by atoms with Gasteiger partial charge in [-0.2, -0.15) is 13.2 Å². The van der Waals surface area contributed by atoms with Crippen molar-refractivity contribution < 1.29 is 22.8 Å². The quantitative estimate of drug-likeness (QED) is 0.719. The maximum absolute atomic E-state index is 12.2. The summed E-state index contributed by atoms with van der Waals surface area (Å²) in [6.45, 7) is 0. The number of pyridine rings is 1. The number of aromatic nitrogens is 4. The zero-order chi connectivity index (χ0) is 16.6. The molecular formula is C13H8F3N5O2. The second-order valence-corrected chi connectivity index (χ2v) is 4.53. The Labute approximate surface area is 126 Å². The van der Waals surface area contributed by atoms with Crippen LogP contribution in [0.25, 0.3) is 5.65 Å². The van der Waals surface area contributed by atoms with Crippen molar-refractivity contribution in [2.24, 2.45) is 0 Å². The molecule has 3 rings (SSSR count). The van der Waals surface area contributed by atoms with Crippen LogP contribution in [0.4, 0.5) is 19.0 Å². The van der Waals surface area contributed by atoms with Gasteiger partial charge >= 0.3 is 12.1 Å². The number of carbonyl (C=O) groups is 2. The molecule has 0 radical (unpaired) electrons. The highest BCUT2D eigenvalue weighted by Gasteiger charge is 2.39. The largest absolute Gasteiger partial charge is 0.471 e. The number of fused-ring (bicyclic) bond motifs is 1. The molecule has 10 heteroatoms. The Morgan fingerprint density at radius 3 is 2.65 bits per heavy atom. The Balaban J connectivity index is 1.89. The molecular weight excluding hydrogens is 315 g/mol. The van der Waals surface area contributed by atoms with E-state index in [0.29, 0.717) is 0 Å². The van der Waals surface area contributed by atoms with Gasteiger partial charge < -0.3 is 14.7 Å². The molecule has 3 aromatic heterocycles. The van der Waals surface area contributed by atoms with Gasteiger partial charge in [0.1, 0.15) is 5.65 Å².